The number of aromatic nitrogens is 2. The fourth-order valence-electron chi connectivity index (χ4n) is 1.37. The molecule has 1 heterocycles. The average Bonchev–Trinajstić information content (AvgIpc) is 2.98. The highest BCUT2D eigenvalue weighted by Gasteiger charge is 2.26. The number of carbonyl (C=O) groups is 2. The number of rotatable bonds is 4. The molecule has 1 saturated carbocycles. The van der Waals surface area contributed by atoms with Crippen LogP contribution in [0.2, 0.25) is 0 Å². The highest BCUT2D eigenvalue weighted by Crippen LogP contribution is 2.18. The summed E-state index contributed by atoms with van der Waals surface area (Å²) < 4.78 is 0. The Morgan fingerprint density at radius 2 is 2.29 bits per heavy atom. The van der Waals surface area contributed by atoms with Gasteiger partial charge in [-0.3, -0.25) is 14.7 Å². The Hall–Kier alpha value is -2.05. The van der Waals surface area contributed by atoms with Gasteiger partial charge in [-0.15, -0.1) is 0 Å². The van der Waals surface area contributed by atoms with Crippen molar-refractivity contribution < 1.29 is 9.59 Å². The minimum atomic E-state index is -0.592. The molecule has 5 N–H and O–H groups in total. The maximum atomic E-state index is 11.7. The van der Waals surface area contributed by atoms with E-state index in [2.05, 4.69) is 20.8 Å². The van der Waals surface area contributed by atoms with E-state index in [9.17, 15) is 9.59 Å². The molecule has 0 spiro atoms. The first-order chi connectivity index (χ1) is 8.08. The Morgan fingerprint density at radius 3 is 2.82 bits per heavy atom. The van der Waals surface area contributed by atoms with E-state index in [1.807, 2.05) is 0 Å². The van der Waals surface area contributed by atoms with Gasteiger partial charge in [0, 0.05) is 6.04 Å². The molecule has 1 atom stereocenters. The lowest BCUT2D eigenvalue weighted by Crippen LogP contribution is -2.45. The minimum absolute atomic E-state index is 0.177. The van der Waals surface area contributed by atoms with Crippen molar-refractivity contribution in [3.63, 3.8) is 0 Å². The standard InChI is InChI=1S/C10H15N5O2/c1-5(9(16)14-6-2-3-6)13-10(17)8-7(11)4-12-15-8/h4-6H,2-3,11H2,1H3,(H,12,15)(H,13,17)(H,14,16). The van der Waals surface area contributed by atoms with Crippen LogP contribution in [-0.2, 0) is 4.79 Å². The SMILES string of the molecule is CC(NC(=O)c1[nH]ncc1N)C(=O)NC1CC1. The number of anilines is 1. The monoisotopic (exact) mass is 237 g/mol. The molecule has 1 aromatic rings. The number of H-pyrrole nitrogens is 1. The molecule has 1 aromatic heterocycles. The molecule has 1 aliphatic rings. The van der Waals surface area contributed by atoms with E-state index in [0.29, 0.717) is 0 Å². The number of nitrogen functional groups attached to an aromatic ring is 1. The van der Waals surface area contributed by atoms with Crippen LogP contribution in [0.4, 0.5) is 5.69 Å². The van der Waals surface area contributed by atoms with Gasteiger partial charge in [-0.2, -0.15) is 5.10 Å². The first-order valence-electron chi connectivity index (χ1n) is 5.48. The minimum Gasteiger partial charge on any atom is -0.396 e. The third-order valence-electron chi connectivity index (χ3n) is 2.56. The number of hydrogen-bond donors (Lipinski definition) is 4. The second kappa shape index (κ2) is 4.44. The lowest BCUT2D eigenvalue weighted by molar-refractivity contribution is -0.122. The van der Waals surface area contributed by atoms with Crippen LogP contribution in [0.25, 0.3) is 0 Å². The summed E-state index contributed by atoms with van der Waals surface area (Å²) >= 11 is 0. The predicted molar refractivity (Wildman–Crippen MR) is 61.1 cm³/mol. The van der Waals surface area contributed by atoms with Gasteiger partial charge < -0.3 is 16.4 Å². The third-order valence-corrected chi connectivity index (χ3v) is 2.56. The Balaban J connectivity index is 1.89. The van der Waals surface area contributed by atoms with Crippen LogP contribution in [0.15, 0.2) is 6.20 Å². The van der Waals surface area contributed by atoms with E-state index in [1.165, 1.54) is 6.20 Å². The smallest absolute Gasteiger partial charge is 0.272 e. The molecule has 1 fully saturated rings. The summed E-state index contributed by atoms with van der Waals surface area (Å²) in [5, 5.41) is 11.5. The average molecular weight is 237 g/mol. The molecule has 0 aromatic carbocycles. The van der Waals surface area contributed by atoms with Crippen LogP contribution in [-0.4, -0.2) is 34.1 Å². The van der Waals surface area contributed by atoms with Gasteiger partial charge in [-0.1, -0.05) is 0 Å². The van der Waals surface area contributed by atoms with E-state index in [-0.39, 0.29) is 23.3 Å². The first kappa shape index (κ1) is 11.4. The van der Waals surface area contributed by atoms with Crippen LogP contribution < -0.4 is 16.4 Å². The van der Waals surface area contributed by atoms with Gasteiger partial charge in [0.05, 0.1) is 11.9 Å². The van der Waals surface area contributed by atoms with Gasteiger partial charge in [-0.05, 0) is 19.8 Å². The normalized spacial score (nSPS) is 16.3. The van der Waals surface area contributed by atoms with Gasteiger partial charge in [-0.25, -0.2) is 0 Å². The molecule has 92 valence electrons. The molecule has 0 saturated heterocycles. The number of nitrogens with two attached hydrogens (primary N) is 1. The van der Waals surface area contributed by atoms with Gasteiger partial charge in [0.2, 0.25) is 5.91 Å². The van der Waals surface area contributed by atoms with Crippen molar-refractivity contribution in [3.8, 4) is 0 Å². The van der Waals surface area contributed by atoms with Crippen LogP contribution in [0.1, 0.15) is 30.3 Å². The summed E-state index contributed by atoms with van der Waals surface area (Å²) in [7, 11) is 0. The van der Waals surface area contributed by atoms with Gasteiger partial charge in [0.15, 0.2) is 0 Å². The zero-order valence-corrected chi connectivity index (χ0v) is 9.49. The highest BCUT2D eigenvalue weighted by molar-refractivity contribution is 5.99. The van der Waals surface area contributed by atoms with Gasteiger partial charge in [0.1, 0.15) is 11.7 Å². The fourth-order valence-corrected chi connectivity index (χ4v) is 1.37. The maximum absolute atomic E-state index is 11.7. The number of amides is 2. The molecular formula is C10H15N5O2. The van der Waals surface area contributed by atoms with Gasteiger partial charge >= 0.3 is 0 Å². The summed E-state index contributed by atoms with van der Waals surface area (Å²) in [6.07, 6.45) is 3.38. The zero-order valence-electron chi connectivity index (χ0n) is 9.49. The molecule has 1 aliphatic carbocycles. The van der Waals surface area contributed by atoms with Crippen molar-refractivity contribution in [1.82, 2.24) is 20.8 Å². The second-order valence-electron chi connectivity index (χ2n) is 4.18. The molecule has 0 radical (unpaired) electrons. The number of nitrogens with one attached hydrogen (secondary N) is 3. The molecule has 0 aliphatic heterocycles. The van der Waals surface area contributed by atoms with E-state index in [4.69, 9.17) is 5.73 Å². The quantitative estimate of drug-likeness (QED) is 0.559. The summed E-state index contributed by atoms with van der Waals surface area (Å²) in [4.78, 5) is 23.3. The summed E-state index contributed by atoms with van der Waals surface area (Å²) in [5.41, 5.74) is 5.97. The predicted octanol–water partition coefficient (Wildman–Crippen LogP) is -0.611. The number of aromatic amines is 1. The zero-order chi connectivity index (χ0) is 12.4. The van der Waals surface area contributed by atoms with Crippen LogP contribution in [0.5, 0.6) is 0 Å². The van der Waals surface area contributed by atoms with Crippen molar-refractivity contribution in [2.24, 2.45) is 0 Å². The van der Waals surface area contributed by atoms with Crippen LogP contribution >= 0.6 is 0 Å². The molecule has 2 amide bonds. The maximum Gasteiger partial charge on any atom is 0.272 e. The largest absolute Gasteiger partial charge is 0.396 e. The molecule has 0 bridgehead atoms. The van der Waals surface area contributed by atoms with Crippen molar-refractivity contribution in [2.75, 3.05) is 5.73 Å². The summed E-state index contributed by atoms with van der Waals surface area (Å²) in [5.74, 6) is -0.614. The van der Waals surface area contributed by atoms with Crippen LogP contribution in [0.3, 0.4) is 0 Å². The molecule has 2 rings (SSSR count). The van der Waals surface area contributed by atoms with E-state index in [0.717, 1.165) is 12.8 Å². The number of hydrogen-bond acceptors (Lipinski definition) is 4. The van der Waals surface area contributed by atoms with E-state index >= 15 is 0 Å². The van der Waals surface area contributed by atoms with Crippen molar-refractivity contribution in [2.45, 2.75) is 31.8 Å². The third kappa shape index (κ3) is 2.74. The lowest BCUT2D eigenvalue weighted by Gasteiger charge is -2.13. The second-order valence-corrected chi connectivity index (χ2v) is 4.18. The van der Waals surface area contributed by atoms with Gasteiger partial charge in [0.25, 0.3) is 5.91 Å². The van der Waals surface area contributed by atoms with Crippen LogP contribution in [0, 0.1) is 0 Å². The van der Waals surface area contributed by atoms with Crippen molar-refractivity contribution in [3.05, 3.63) is 11.9 Å². The highest BCUT2D eigenvalue weighted by atomic mass is 16.2. The molecular weight excluding hydrogens is 222 g/mol. The molecule has 1 unspecified atom stereocenters. The molecule has 17 heavy (non-hydrogen) atoms. The Labute approximate surface area is 98.1 Å². The van der Waals surface area contributed by atoms with Crippen molar-refractivity contribution >= 4 is 17.5 Å². The summed E-state index contributed by atoms with van der Waals surface area (Å²) in [6.45, 7) is 1.63. The molecule has 7 nitrogen and oxygen atoms in total. The number of nitrogens with zero attached hydrogens (tertiary/aromatic N) is 1. The molecule has 7 heteroatoms. The van der Waals surface area contributed by atoms with Crippen molar-refractivity contribution in [1.29, 1.82) is 0 Å². The Morgan fingerprint density at radius 1 is 1.59 bits per heavy atom. The van der Waals surface area contributed by atoms with E-state index in [1.54, 1.807) is 6.92 Å². The Kier molecular flexibility index (Phi) is 2.99. The fraction of sp³-hybridized carbons (Fsp3) is 0.500. The number of carbonyl (C=O) groups excluding carboxylic acids is 2. The summed E-state index contributed by atoms with van der Waals surface area (Å²) in [6, 6.07) is -0.315. The lowest BCUT2D eigenvalue weighted by atomic mass is 10.2. The Bertz CT molecular complexity index is 438. The topological polar surface area (TPSA) is 113 Å². The first-order valence-corrected chi connectivity index (χ1v) is 5.48. The van der Waals surface area contributed by atoms with E-state index < -0.39 is 11.9 Å².